The van der Waals surface area contributed by atoms with E-state index in [1.54, 1.807) is 48.8 Å². The number of pyridine rings is 1. The molecule has 7 heteroatoms. The summed E-state index contributed by atoms with van der Waals surface area (Å²) in [6.45, 7) is 0. The van der Waals surface area contributed by atoms with Crippen LogP contribution in [0.15, 0.2) is 53.9 Å². The van der Waals surface area contributed by atoms with Crippen LogP contribution in [0, 0.1) is 0 Å². The lowest BCUT2D eigenvalue weighted by Gasteiger charge is -2.05. The largest absolute Gasteiger partial charge is 0.329 e. The molecule has 0 spiro atoms. The van der Waals surface area contributed by atoms with Gasteiger partial charge in [-0.05, 0) is 18.2 Å². The summed E-state index contributed by atoms with van der Waals surface area (Å²) in [6.07, 6.45) is 4.57. The number of para-hydroxylation sites is 1. The van der Waals surface area contributed by atoms with E-state index in [1.165, 1.54) is 6.21 Å². The molecule has 106 valence electrons. The monoisotopic (exact) mass is 302 g/mol. The molecule has 2 aromatic rings. The van der Waals surface area contributed by atoms with Crippen LogP contribution in [0.2, 0.25) is 5.02 Å². The van der Waals surface area contributed by atoms with Crippen LogP contribution in [0.25, 0.3) is 0 Å². The summed E-state index contributed by atoms with van der Waals surface area (Å²) in [5.41, 5.74) is 3.17. The molecule has 0 saturated carbocycles. The van der Waals surface area contributed by atoms with Gasteiger partial charge >= 0.3 is 11.8 Å². The standard InChI is InChI=1S/C14H11ClN4O2/c15-11-5-1-2-6-12(11)18-13(20)14(21)19-17-9-10-4-3-7-16-8-10/h1-9H,(H,18,20)(H,19,21)/b17-9+. The van der Waals surface area contributed by atoms with Crippen LogP contribution >= 0.6 is 11.6 Å². The number of rotatable bonds is 3. The van der Waals surface area contributed by atoms with E-state index in [0.29, 0.717) is 16.3 Å². The van der Waals surface area contributed by atoms with Crippen molar-refractivity contribution < 1.29 is 9.59 Å². The van der Waals surface area contributed by atoms with E-state index in [0.717, 1.165) is 0 Å². The molecule has 2 rings (SSSR count). The van der Waals surface area contributed by atoms with E-state index in [1.807, 2.05) is 0 Å². The first-order valence-electron chi connectivity index (χ1n) is 5.96. The number of aromatic nitrogens is 1. The van der Waals surface area contributed by atoms with Crippen molar-refractivity contribution in [1.82, 2.24) is 10.4 Å². The molecule has 0 radical (unpaired) electrons. The van der Waals surface area contributed by atoms with Crippen LogP contribution in [0.5, 0.6) is 0 Å². The zero-order valence-electron chi connectivity index (χ0n) is 10.8. The van der Waals surface area contributed by atoms with Crippen molar-refractivity contribution in [2.45, 2.75) is 0 Å². The maximum absolute atomic E-state index is 11.6. The molecule has 2 N–H and O–H groups in total. The molecule has 0 bridgehead atoms. The van der Waals surface area contributed by atoms with Crippen molar-refractivity contribution in [1.29, 1.82) is 0 Å². The molecule has 0 atom stereocenters. The number of amides is 2. The van der Waals surface area contributed by atoms with Gasteiger partial charge in [0.1, 0.15) is 0 Å². The van der Waals surface area contributed by atoms with Gasteiger partial charge in [-0.3, -0.25) is 14.6 Å². The second-order valence-electron chi connectivity index (χ2n) is 3.92. The third-order valence-electron chi connectivity index (χ3n) is 2.39. The average molecular weight is 303 g/mol. The number of benzene rings is 1. The Bertz CT molecular complexity index is 674. The smallest absolute Gasteiger partial charge is 0.316 e. The highest BCUT2D eigenvalue weighted by atomic mass is 35.5. The van der Waals surface area contributed by atoms with Gasteiger partial charge < -0.3 is 5.32 Å². The topological polar surface area (TPSA) is 83.5 Å². The first kappa shape index (κ1) is 14.7. The minimum Gasteiger partial charge on any atom is -0.316 e. The van der Waals surface area contributed by atoms with Crippen LogP contribution in [-0.4, -0.2) is 23.0 Å². The molecule has 2 amide bonds. The Balaban J connectivity index is 1.90. The number of anilines is 1. The van der Waals surface area contributed by atoms with Gasteiger partial charge in [0.25, 0.3) is 0 Å². The summed E-state index contributed by atoms with van der Waals surface area (Å²) in [5.74, 6) is -1.75. The molecule has 0 aliphatic carbocycles. The highest BCUT2D eigenvalue weighted by molar-refractivity contribution is 6.41. The molecule has 1 heterocycles. The Morgan fingerprint density at radius 3 is 2.67 bits per heavy atom. The number of halogens is 1. The number of carbonyl (C=O) groups excluding carboxylic acids is 2. The van der Waals surface area contributed by atoms with E-state index in [2.05, 4.69) is 20.8 Å². The molecular formula is C14H11ClN4O2. The fourth-order valence-corrected chi connectivity index (χ4v) is 1.59. The van der Waals surface area contributed by atoms with Gasteiger partial charge in [-0.1, -0.05) is 29.8 Å². The maximum Gasteiger partial charge on any atom is 0.329 e. The number of hydrogen-bond donors (Lipinski definition) is 2. The zero-order chi connectivity index (χ0) is 15.1. The molecule has 0 unspecified atom stereocenters. The Labute approximate surface area is 125 Å². The van der Waals surface area contributed by atoms with Crippen LogP contribution in [-0.2, 0) is 9.59 Å². The molecule has 21 heavy (non-hydrogen) atoms. The second-order valence-corrected chi connectivity index (χ2v) is 4.33. The lowest BCUT2D eigenvalue weighted by Crippen LogP contribution is -2.32. The Hall–Kier alpha value is -2.73. The molecular weight excluding hydrogens is 292 g/mol. The third-order valence-corrected chi connectivity index (χ3v) is 2.72. The van der Waals surface area contributed by atoms with Crippen molar-refractivity contribution in [3.05, 3.63) is 59.4 Å². The van der Waals surface area contributed by atoms with Crippen molar-refractivity contribution >= 4 is 35.3 Å². The Morgan fingerprint density at radius 2 is 1.95 bits per heavy atom. The van der Waals surface area contributed by atoms with Gasteiger partial charge in [0.05, 0.1) is 16.9 Å². The summed E-state index contributed by atoms with van der Waals surface area (Å²) < 4.78 is 0. The summed E-state index contributed by atoms with van der Waals surface area (Å²) in [6, 6.07) is 10.1. The van der Waals surface area contributed by atoms with Crippen molar-refractivity contribution in [2.75, 3.05) is 5.32 Å². The SMILES string of the molecule is O=C(N/N=C/c1cccnc1)C(=O)Nc1ccccc1Cl. The Morgan fingerprint density at radius 1 is 1.14 bits per heavy atom. The third kappa shape index (κ3) is 4.39. The quantitative estimate of drug-likeness (QED) is 0.515. The lowest BCUT2D eigenvalue weighted by atomic mass is 10.3. The highest BCUT2D eigenvalue weighted by Gasteiger charge is 2.13. The first-order chi connectivity index (χ1) is 10.2. The Kier molecular flexibility index (Phi) is 5.00. The number of hydrogen-bond acceptors (Lipinski definition) is 4. The predicted molar refractivity (Wildman–Crippen MR) is 80.1 cm³/mol. The van der Waals surface area contributed by atoms with Gasteiger partial charge in [0, 0.05) is 18.0 Å². The number of hydrazone groups is 1. The first-order valence-corrected chi connectivity index (χ1v) is 6.33. The number of carbonyl (C=O) groups is 2. The second kappa shape index (κ2) is 7.16. The minimum atomic E-state index is -0.893. The molecule has 1 aromatic heterocycles. The van der Waals surface area contributed by atoms with Gasteiger partial charge in [-0.2, -0.15) is 5.10 Å². The van der Waals surface area contributed by atoms with Gasteiger partial charge in [-0.15, -0.1) is 0 Å². The molecule has 6 nitrogen and oxygen atoms in total. The van der Waals surface area contributed by atoms with Crippen LogP contribution in [0.1, 0.15) is 5.56 Å². The van der Waals surface area contributed by atoms with Crippen molar-refractivity contribution in [3.8, 4) is 0 Å². The molecule has 0 fully saturated rings. The van der Waals surface area contributed by atoms with Gasteiger partial charge in [0.15, 0.2) is 0 Å². The highest BCUT2D eigenvalue weighted by Crippen LogP contribution is 2.19. The van der Waals surface area contributed by atoms with E-state index >= 15 is 0 Å². The van der Waals surface area contributed by atoms with Crippen LogP contribution in [0.4, 0.5) is 5.69 Å². The number of nitrogens with zero attached hydrogens (tertiary/aromatic N) is 2. The fourth-order valence-electron chi connectivity index (χ4n) is 1.41. The van der Waals surface area contributed by atoms with E-state index in [4.69, 9.17) is 11.6 Å². The summed E-state index contributed by atoms with van der Waals surface area (Å²) in [4.78, 5) is 27.1. The van der Waals surface area contributed by atoms with Gasteiger partial charge in [-0.25, -0.2) is 5.43 Å². The summed E-state index contributed by atoms with van der Waals surface area (Å²) in [7, 11) is 0. The van der Waals surface area contributed by atoms with Crippen LogP contribution < -0.4 is 10.7 Å². The van der Waals surface area contributed by atoms with Crippen molar-refractivity contribution in [2.24, 2.45) is 5.10 Å². The van der Waals surface area contributed by atoms with E-state index < -0.39 is 11.8 Å². The average Bonchev–Trinajstić information content (AvgIpc) is 2.50. The summed E-state index contributed by atoms with van der Waals surface area (Å²) >= 11 is 5.87. The zero-order valence-corrected chi connectivity index (χ0v) is 11.5. The maximum atomic E-state index is 11.6. The number of nitrogens with one attached hydrogen (secondary N) is 2. The van der Waals surface area contributed by atoms with E-state index in [-0.39, 0.29) is 0 Å². The lowest BCUT2D eigenvalue weighted by molar-refractivity contribution is -0.136. The predicted octanol–water partition coefficient (Wildman–Crippen LogP) is 1.82. The molecule has 0 aliphatic rings. The molecule has 0 saturated heterocycles. The van der Waals surface area contributed by atoms with E-state index in [9.17, 15) is 9.59 Å². The van der Waals surface area contributed by atoms with Crippen molar-refractivity contribution in [3.63, 3.8) is 0 Å². The summed E-state index contributed by atoms with van der Waals surface area (Å²) in [5, 5.41) is 6.40. The molecule has 0 aliphatic heterocycles. The fraction of sp³-hybridized carbons (Fsp3) is 0. The van der Waals surface area contributed by atoms with Crippen LogP contribution in [0.3, 0.4) is 0 Å². The van der Waals surface area contributed by atoms with Gasteiger partial charge in [0.2, 0.25) is 0 Å². The molecule has 1 aromatic carbocycles. The normalized spacial score (nSPS) is 10.3. The minimum absolute atomic E-state index is 0.345.